The van der Waals surface area contributed by atoms with Crippen LogP contribution in [0.4, 0.5) is 13.2 Å². The minimum absolute atomic E-state index is 0.425. The number of alkyl halides is 3. The molecule has 0 spiro atoms. The van der Waals surface area contributed by atoms with E-state index in [2.05, 4.69) is 4.98 Å². The van der Waals surface area contributed by atoms with Crippen molar-refractivity contribution in [2.24, 2.45) is 5.73 Å². The maximum absolute atomic E-state index is 10.8. The Morgan fingerprint density at radius 3 is 2.37 bits per heavy atom. The first kappa shape index (κ1) is 14.5. The van der Waals surface area contributed by atoms with Crippen LogP contribution in [0.1, 0.15) is 10.4 Å². The Labute approximate surface area is 104 Å². The number of hydrogen-bond donors (Lipinski definition) is 2. The lowest BCUT2D eigenvalue weighted by Crippen LogP contribution is -2.21. The third-order valence-corrected chi connectivity index (χ3v) is 1.92. The lowest BCUT2D eigenvalue weighted by molar-refractivity contribution is -0.192. The molecular formula is C10H8F3N3O3. The van der Waals surface area contributed by atoms with Crippen LogP contribution in [0.5, 0.6) is 0 Å². The Morgan fingerprint density at radius 1 is 1.32 bits per heavy atom. The highest BCUT2D eigenvalue weighted by Crippen LogP contribution is 2.13. The number of rotatable bonds is 1. The van der Waals surface area contributed by atoms with Gasteiger partial charge in [0, 0.05) is 18.6 Å². The van der Waals surface area contributed by atoms with Gasteiger partial charge in [0.05, 0.1) is 5.56 Å². The van der Waals surface area contributed by atoms with Gasteiger partial charge in [-0.1, -0.05) is 0 Å². The van der Waals surface area contributed by atoms with Crippen LogP contribution in [-0.4, -0.2) is 32.5 Å². The van der Waals surface area contributed by atoms with Crippen LogP contribution in [0.2, 0.25) is 0 Å². The molecule has 2 aromatic rings. The minimum Gasteiger partial charge on any atom is -0.475 e. The zero-order valence-electron chi connectivity index (χ0n) is 9.26. The summed E-state index contributed by atoms with van der Waals surface area (Å²) in [6, 6.07) is 3.41. The third-order valence-electron chi connectivity index (χ3n) is 1.92. The largest absolute Gasteiger partial charge is 0.490 e. The van der Waals surface area contributed by atoms with Gasteiger partial charge in [-0.3, -0.25) is 4.79 Å². The van der Waals surface area contributed by atoms with Gasteiger partial charge in [-0.2, -0.15) is 13.2 Å². The highest BCUT2D eigenvalue weighted by Gasteiger charge is 2.38. The average Bonchev–Trinajstić information content (AvgIpc) is 2.74. The number of aromatic nitrogens is 2. The first-order valence-corrected chi connectivity index (χ1v) is 4.74. The van der Waals surface area contributed by atoms with E-state index in [0.717, 1.165) is 5.65 Å². The molecule has 9 heteroatoms. The summed E-state index contributed by atoms with van der Waals surface area (Å²) in [5.41, 5.74) is 6.39. The first-order valence-electron chi connectivity index (χ1n) is 4.74. The van der Waals surface area contributed by atoms with Crippen molar-refractivity contribution in [2.75, 3.05) is 0 Å². The smallest absolute Gasteiger partial charge is 0.475 e. The van der Waals surface area contributed by atoms with Crippen LogP contribution < -0.4 is 5.73 Å². The number of carbonyl (C=O) groups is 2. The maximum Gasteiger partial charge on any atom is 0.490 e. The molecule has 0 radical (unpaired) electrons. The van der Waals surface area contributed by atoms with E-state index >= 15 is 0 Å². The van der Waals surface area contributed by atoms with Crippen LogP contribution in [0.25, 0.3) is 5.65 Å². The quantitative estimate of drug-likeness (QED) is 0.813. The second kappa shape index (κ2) is 5.38. The fourth-order valence-corrected chi connectivity index (χ4v) is 1.07. The normalized spacial score (nSPS) is 10.7. The number of fused-ring (bicyclic) bond motifs is 1. The van der Waals surface area contributed by atoms with Crippen molar-refractivity contribution in [3.8, 4) is 0 Å². The van der Waals surface area contributed by atoms with Crippen LogP contribution in [-0.2, 0) is 4.79 Å². The van der Waals surface area contributed by atoms with Crippen molar-refractivity contribution in [1.82, 2.24) is 9.38 Å². The molecule has 19 heavy (non-hydrogen) atoms. The van der Waals surface area contributed by atoms with Crippen molar-refractivity contribution >= 4 is 17.5 Å². The molecule has 6 nitrogen and oxygen atoms in total. The first-order chi connectivity index (χ1) is 8.71. The molecule has 0 aliphatic carbocycles. The molecule has 2 heterocycles. The van der Waals surface area contributed by atoms with Gasteiger partial charge in [-0.15, -0.1) is 0 Å². The number of amides is 1. The predicted octanol–water partition coefficient (Wildman–Crippen LogP) is 1.07. The Morgan fingerprint density at radius 2 is 1.89 bits per heavy atom. The van der Waals surface area contributed by atoms with E-state index in [1.54, 1.807) is 35.1 Å². The van der Waals surface area contributed by atoms with Crippen molar-refractivity contribution in [1.29, 1.82) is 0 Å². The Hall–Kier alpha value is -2.58. The molecule has 0 saturated heterocycles. The van der Waals surface area contributed by atoms with E-state index in [0.29, 0.717) is 5.56 Å². The molecule has 0 saturated carbocycles. The van der Waals surface area contributed by atoms with Crippen molar-refractivity contribution in [3.05, 3.63) is 36.3 Å². The molecule has 102 valence electrons. The van der Waals surface area contributed by atoms with Gasteiger partial charge >= 0.3 is 12.1 Å². The second-order valence-electron chi connectivity index (χ2n) is 3.28. The number of carboxylic acid groups (broad SMARTS) is 1. The molecule has 0 atom stereocenters. The van der Waals surface area contributed by atoms with E-state index < -0.39 is 18.1 Å². The standard InChI is InChI=1S/C8H7N3O.C2HF3O2/c9-8(12)6-1-2-7-10-3-4-11(7)5-6;3-2(4,5)1(6)7/h1-5H,(H2,9,12);(H,6,7). The van der Waals surface area contributed by atoms with Gasteiger partial charge in [0.2, 0.25) is 5.91 Å². The van der Waals surface area contributed by atoms with Gasteiger partial charge in [0.25, 0.3) is 0 Å². The van der Waals surface area contributed by atoms with Crippen LogP contribution in [0.3, 0.4) is 0 Å². The number of hydrogen-bond acceptors (Lipinski definition) is 3. The van der Waals surface area contributed by atoms with Gasteiger partial charge < -0.3 is 15.2 Å². The lowest BCUT2D eigenvalue weighted by atomic mass is 10.3. The molecular weight excluding hydrogens is 267 g/mol. The van der Waals surface area contributed by atoms with Crippen molar-refractivity contribution < 1.29 is 27.9 Å². The zero-order chi connectivity index (χ0) is 14.6. The third kappa shape index (κ3) is 3.98. The molecule has 3 N–H and O–H groups in total. The Balaban J connectivity index is 0.000000224. The number of carbonyl (C=O) groups excluding carboxylic acids is 1. The fourth-order valence-electron chi connectivity index (χ4n) is 1.07. The van der Waals surface area contributed by atoms with Gasteiger partial charge in [-0.05, 0) is 12.1 Å². The number of primary amides is 1. The number of nitrogens with two attached hydrogens (primary N) is 1. The summed E-state index contributed by atoms with van der Waals surface area (Å²) in [7, 11) is 0. The summed E-state index contributed by atoms with van der Waals surface area (Å²) in [4.78, 5) is 23.7. The molecule has 1 amide bonds. The molecule has 0 aromatic carbocycles. The van der Waals surface area contributed by atoms with Gasteiger partial charge in [0.15, 0.2) is 0 Å². The average molecular weight is 275 g/mol. The summed E-state index contributed by atoms with van der Waals surface area (Å²) in [6.45, 7) is 0. The number of nitrogens with zero attached hydrogens (tertiary/aromatic N) is 2. The second-order valence-corrected chi connectivity index (χ2v) is 3.28. The molecule has 0 aliphatic heterocycles. The topological polar surface area (TPSA) is 97.7 Å². The monoisotopic (exact) mass is 275 g/mol. The molecule has 2 rings (SSSR count). The molecule has 0 fully saturated rings. The number of pyridine rings is 1. The number of carboxylic acids is 1. The van der Waals surface area contributed by atoms with Crippen molar-refractivity contribution in [2.45, 2.75) is 6.18 Å². The highest BCUT2D eigenvalue weighted by atomic mass is 19.4. The molecule has 2 aromatic heterocycles. The summed E-state index contributed by atoms with van der Waals surface area (Å²) in [6.07, 6.45) is 0.00649. The van der Waals surface area contributed by atoms with Crippen molar-refractivity contribution in [3.63, 3.8) is 0 Å². The van der Waals surface area contributed by atoms with Gasteiger partial charge in [-0.25, -0.2) is 9.78 Å². The lowest BCUT2D eigenvalue weighted by Gasteiger charge is -1.95. The summed E-state index contributed by atoms with van der Waals surface area (Å²) in [5.74, 6) is -3.18. The molecule has 0 unspecified atom stereocenters. The highest BCUT2D eigenvalue weighted by molar-refractivity contribution is 5.92. The summed E-state index contributed by atoms with van der Waals surface area (Å²) < 4.78 is 33.5. The number of imidazole rings is 1. The zero-order valence-corrected chi connectivity index (χ0v) is 9.26. The SMILES string of the molecule is NC(=O)c1ccc2nccn2c1.O=C(O)C(F)(F)F. The summed E-state index contributed by atoms with van der Waals surface area (Å²) in [5, 5.41) is 7.12. The molecule has 0 bridgehead atoms. The fraction of sp³-hybridized carbons (Fsp3) is 0.100. The Kier molecular flexibility index (Phi) is 4.10. The predicted molar refractivity (Wildman–Crippen MR) is 57.4 cm³/mol. The van der Waals surface area contributed by atoms with E-state index in [1.165, 1.54) is 0 Å². The maximum atomic E-state index is 10.8. The van der Waals surface area contributed by atoms with Crippen LogP contribution in [0, 0.1) is 0 Å². The number of aliphatic carboxylic acids is 1. The van der Waals surface area contributed by atoms with E-state index in [1.807, 2.05) is 0 Å². The Bertz CT molecular complexity index is 607. The molecule has 0 aliphatic rings. The number of halogens is 3. The van der Waals surface area contributed by atoms with Gasteiger partial charge in [0.1, 0.15) is 5.65 Å². The summed E-state index contributed by atoms with van der Waals surface area (Å²) >= 11 is 0. The van der Waals surface area contributed by atoms with E-state index in [-0.39, 0.29) is 0 Å². The van der Waals surface area contributed by atoms with Crippen LogP contribution >= 0.6 is 0 Å². The van der Waals surface area contributed by atoms with E-state index in [9.17, 15) is 18.0 Å². The van der Waals surface area contributed by atoms with Crippen LogP contribution in [0.15, 0.2) is 30.7 Å². The minimum atomic E-state index is -5.08. The van der Waals surface area contributed by atoms with E-state index in [4.69, 9.17) is 15.6 Å².